The Hall–Kier alpha value is -1.59. The second-order valence-electron chi connectivity index (χ2n) is 5.68. The molecule has 0 aromatic heterocycles. The van der Waals surface area contributed by atoms with E-state index in [0.29, 0.717) is 12.3 Å². The van der Waals surface area contributed by atoms with E-state index in [-0.39, 0.29) is 11.2 Å². The van der Waals surface area contributed by atoms with E-state index in [9.17, 15) is 9.00 Å². The van der Waals surface area contributed by atoms with Gasteiger partial charge in [0.25, 0.3) is 0 Å². The van der Waals surface area contributed by atoms with E-state index in [0.717, 1.165) is 15.5 Å². The molecule has 2 aromatic rings. The van der Waals surface area contributed by atoms with Crippen molar-refractivity contribution in [1.82, 2.24) is 0 Å². The zero-order valence-electron chi connectivity index (χ0n) is 13.2. The van der Waals surface area contributed by atoms with Crippen LogP contribution in [0.5, 0.6) is 0 Å². The molecule has 0 saturated heterocycles. The maximum atomic E-state index is 12.7. The van der Waals surface area contributed by atoms with Crippen LogP contribution in [0.15, 0.2) is 58.3 Å². The predicted molar refractivity (Wildman–Crippen MR) is 96.6 cm³/mol. The van der Waals surface area contributed by atoms with Crippen LogP contribution in [-0.4, -0.2) is 27.7 Å². The third kappa shape index (κ3) is 3.51. The summed E-state index contributed by atoms with van der Waals surface area (Å²) in [5.41, 5.74) is 2.00. The van der Waals surface area contributed by atoms with Crippen molar-refractivity contribution in [2.75, 3.05) is 17.2 Å². The molecule has 0 unspecified atom stereocenters. The van der Waals surface area contributed by atoms with Crippen LogP contribution < -0.4 is 4.90 Å². The number of carbonyl (C=O) groups excluding carboxylic acids is 1. The molecule has 0 fully saturated rings. The molecule has 0 saturated carbocycles. The van der Waals surface area contributed by atoms with E-state index < -0.39 is 10.8 Å². The van der Waals surface area contributed by atoms with Crippen molar-refractivity contribution in [3.8, 4) is 0 Å². The van der Waals surface area contributed by atoms with Crippen LogP contribution in [0.3, 0.4) is 0 Å². The summed E-state index contributed by atoms with van der Waals surface area (Å²) < 4.78 is 12.4. The number of anilines is 1. The summed E-state index contributed by atoms with van der Waals surface area (Å²) in [6.07, 6.45) is 0. The molecule has 1 amide bonds. The summed E-state index contributed by atoms with van der Waals surface area (Å²) in [6.45, 7) is 4.49. The van der Waals surface area contributed by atoms with Crippen molar-refractivity contribution in [2.24, 2.45) is 0 Å². The van der Waals surface area contributed by atoms with Crippen molar-refractivity contribution in [1.29, 1.82) is 0 Å². The third-order valence-corrected chi connectivity index (χ3v) is 6.52. The number of carbonyl (C=O) groups is 1. The Morgan fingerprint density at radius 3 is 2.65 bits per heavy atom. The summed E-state index contributed by atoms with van der Waals surface area (Å²) in [5.74, 6) is 0.447. The molecular weight excluding hydrogens is 326 g/mol. The van der Waals surface area contributed by atoms with Gasteiger partial charge in [0.05, 0.1) is 32.4 Å². The van der Waals surface area contributed by atoms with E-state index in [1.165, 1.54) is 5.56 Å². The fourth-order valence-electron chi connectivity index (χ4n) is 2.58. The van der Waals surface area contributed by atoms with Crippen LogP contribution in [0.4, 0.5) is 5.69 Å². The van der Waals surface area contributed by atoms with Gasteiger partial charge in [-0.05, 0) is 38.1 Å². The van der Waals surface area contributed by atoms with Crippen molar-refractivity contribution in [3.05, 3.63) is 54.1 Å². The number of nitrogens with zero attached hydrogens (tertiary/aromatic N) is 1. The predicted octanol–water partition coefficient (Wildman–Crippen LogP) is 3.63. The number of para-hydroxylation sites is 1. The van der Waals surface area contributed by atoms with Gasteiger partial charge in [0.1, 0.15) is 0 Å². The molecule has 2 aromatic carbocycles. The minimum absolute atomic E-state index is 0.0433. The van der Waals surface area contributed by atoms with Gasteiger partial charge in [0.2, 0.25) is 5.91 Å². The molecule has 23 heavy (non-hydrogen) atoms. The highest BCUT2D eigenvalue weighted by molar-refractivity contribution is 8.00. The minimum Gasteiger partial charge on any atom is -0.309 e. The first-order chi connectivity index (χ1) is 11.1. The zero-order valence-corrected chi connectivity index (χ0v) is 14.8. The van der Waals surface area contributed by atoms with E-state index in [4.69, 9.17) is 0 Å². The summed E-state index contributed by atoms with van der Waals surface area (Å²) in [6, 6.07) is 15.7. The van der Waals surface area contributed by atoms with Crippen LogP contribution in [0, 0.1) is 6.92 Å². The Morgan fingerprint density at radius 1 is 1.22 bits per heavy atom. The topological polar surface area (TPSA) is 37.4 Å². The largest absolute Gasteiger partial charge is 0.309 e. The van der Waals surface area contributed by atoms with E-state index >= 15 is 0 Å². The summed E-state index contributed by atoms with van der Waals surface area (Å²) in [4.78, 5) is 16.3. The van der Waals surface area contributed by atoms with Crippen molar-refractivity contribution in [3.63, 3.8) is 0 Å². The second-order valence-corrected chi connectivity index (χ2v) is 8.57. The third-order valence-electron chi connectivity index (χ3n) is 3.86. The Morgan fingerprint density at radius 2 is 1.91 bits per heavy atom. The Bertz CT molecular complexity index is 743. The van der Waals surface area contributed by atoms with Crippen LogP contribution in [0.2, 0.25) is 0 Å². The van der Waals surface area contributed by atoms with Gasteiger partial charge in [-0.3, -0.25) is 9.00 Å². The number of hydrogen-bond acceptors (Lipinski definition) is 3. The molecule has 3 rings (SSSR count). The average molecular weight is 345 g/mol. The Balaban J connectivity index is 1.76. The Kier molecular flexibility index (Phi) is 4.87. The summed E-state index contributed by atoms with van der Waals surface area (Å²) in [7, 11) is -1.04. The lowest BCUT2D eigenvalue weighted by Crippen LogP contribution is -2.43. The molecule has 3 nitrogen and oxygen atoms in total. The van der Waals surface area contributed by atoms with Crippen LogP contribution in [0.1, 0.15) is 12.5 Å². The molecule has 1 aliphatic heterocycles. The maximum absolute atomic E-state index is 12.7. The normalized spacial score (nSPS) is 20.2. The standard InChI is InChI=1S/C18H19NO2S2/c1-13-7-9-15(10-8-13)22-12-18(20)19-11-14(2)23(21)17-6-4-3-5-16(17)19/h3-10,14H,11-12H2,1-2H3/t14-,23+/m1/s1. The first-order valence-corrected chi connectivity index (χ1v) is 9.75. The lowest BCUT2D eigenvalue weighted by atomic mass is 10.2. The number of benzene rings is 2. The van der Waals surface area contributed by atoms with Gasteiger partial charge >= 0.3 is 0 Å². The van der Waals surface area contributed by atoms with Gasteiger partial charge < -0.3 is 4.90 Å². The van der Waals surface area contributed by atoms with Gasteiger partial charge in [-0.1, -0.05) is 29.8 Å². The lowest BCUT2D eigenvalue weighted by molar-refractivity contribution is -0.116. The molecule has 5 heteroatoms. The van der Waals surface area contributed by atoms with Gasteiger partial charge in [-0.15, -0.1) is 11.8 Å². The first-order valence-electron chi connectivity index (χ1n) is 7.55. The SMILES string of the molecule is Cc1ccc(SCC(=O)N2C[C@@H](C)[S@](=O)c3ccccc32)cc1. The van der Waals surface area contributed by atoms with Gasteiger partial charge in [0, 0.05) is 11.4 Å². The molecule has 1 heterocycles. The number of hydrogen-bond donors (Lipinski definition) is 0. The van der Waals surface area contributed by atoms with Crippen LogP contribution >= 0.6 is 11.8 Å². The van der Waals surface area contributed by atoms with Crippen LogP contribution in [-0.2, 0) is 15.6 Å². The van der Waals surface area contributed by atoms with E-state index in [1.54, 1.807) is 16.7 Å². The molecule has 2 atom stereocenters. The van der Waals surface area contributed by atoms with Gasteiger partial charge in [-0.2, -0.15) is 0 Å². The molecule has 0 radical (unpaired) electrons. The molecule has 1 aliphatic rings. The number of thioether (sulfide) groups is 1. The van der Waals surface area contributed by atoms with Crippen molar-refractivity contribution >= 4 is 34.2 Å². The summed E-state index contributed by atoms with van der Waals surface area (Å²) in [5, 5.41) is -0.0433. The molecule has 0 aliphatic carbocycles. The number of rotatable bonds is 3. The number of amides is 1. The highest BCUT2D eigenvalue weighted by Crippen LogP contribution is 2.32. The lowest BCUT2D eigenvalue weighted by Gasteiger charge is -2.32. The number of fused-ring (bicyclic) bond motifs is 1. The molecule has 0 bridgehead atoms. The molecule has 0 N–H and O–H groups in total. The smallest absolute Gasteiger partial charge is 0.237 e. The number of aryl methyl sites for hydroxylation is 1. The quantitative estimate of drug-likeness (QED) is 0.797. The van der Waals surface area contributed by atoms with Crippen molar-refractivity contribution < 1.29 is 9.00 Å². The first kappa shape index (κ1) is 16.3. The fourth-order valence-corrected chi connectivity index (χ4v) is 4.67. The molecule has 0 spiro atoms. The highest BCUT2D eigenvalue weighted by Gasteiger charge is 2.30. The average Bonchev–Trinajstić information content (AvgIpc) is 2.57. The van der Waals surface area contributed by atoms with Gasteiger partial charge in [-0.25, -0.2) is 0 Å². The zero-order chi connectivity index (χ0) is 16.4. The molecule has 120 valence electrons. The highest BCUT2D eigenvalue weighted by atomic mass is 32.2. The van der Waals surface area contributed by atoms with Gasteiger partial charge in [0.15, 0.2) is 0 Å². The summed E-state index contributed by atoms with van der Waals surface area (Å²) >= 11 is 1.54. The maximum Gasteiger partial charge on any atom is 0.237 e. The minimum atomic E-state index is -1.04. The van der Waals surface area contributed by atoms with Crippen molar-refractivity contribution in [2.45, 2.75) is 28.9 Å². The Labute approximate surface area is 143 Å². The van der Waals surface area contributed by atoms with E-state index in [2.05, 4.69) is 0 Å². The van der Waals surface area contributed by atoms with Crippen LogP contribution in [0.25, 0.3) is 0 Å². The monoisotopic (exact) mass is 345 g/mol. The fraction of sp³-hybridized carbons (Fsp3) is 0.278. The van der Waals surface area contributed by atoms with E-state index in [1.807, 2.05) is 62.4 Å². The molecular formula is C18H19NO2S2. The second kappa shape index (κ2) is 6.89.